The Kier molecular flexibility index (Phi) is 3.68. The molecule has 0 aliphatic rings. The number of rotatable bonds is 3. The van der Waals surface area contributed by atoms with Crippen molar-refractivity contribution in [2.45, 2.75) is 26.7 Å². The molecule has 77 valence electrons. The van der Waals surface area contributed by atoms with Crippen LogP contribution in [-0.4, -0.2) is 0 Å². The Morgan fingerprint density at radius 3 is 2.60 bits per heavy atom. The highest BCUT2D eigenvalue weighted by Gasteiger charge is 2.11. The van der Waals surface area contributed by atoms with Crippen LogP contribution in [0.5, 0.6) is 0 Å². The molecule has 0 aliphatic carbocycles. The van der Waals surface area contributed by atoms with Gasteiger partial charge in [-0.3, -0.25) is 0 Å². The van der Waals surface area contributed by atoms with Gasteiger partial charge in [-0.1, -0.05) is 32.9 Å². The summed E-state index contributed by atoms with van der Waals surface area (Å²) in [5.41, 5.74) is 3.11. The number of allylic oxidation sites excluding steroid dienone is 1. The van der Waals surface area contributed by atoms with Gasteiger partial charge in [0.25, 0.3) is 0 Å². The Bertz CT molecular complexity index is 396. The maximum Gasteiger partial charge on any atom is 0.0991 e. The third-order valence-corrected chi connectivity index (χ3v) is 2.54. The van der Waals surface area contributed by atoms with Gasteiger partial charge in [-0.2, -0.15) is 5.26 Å². The highest BCUT2D eigenvalue weighted by atomic mass is 14.2. The zero-order valence-electron chi connectivity index (χ0n) is 9.54. The van der Waals surface area contributed by atoms with Crippen molar-refractivity contribution in [1.82, 2.24) is 0 Å². The molecule has 1 radical (unpaired) electrons. The molecule has 0 aliphatic heterocycles. The van der Waals surface area contributed by atoms with Gasteiger partial charge in [0.1, 0.15) is 0 Å². The largest absolute Gasteiger partial charge is 0.192 e. The summed E-state index contributed by atoms with van der Waals surface area (Å²) in [4.78, 5) is 0. The van der Waals surface area contributed by atoms with E-state index in [1.165, 1.54) is 5.56 Å². The summed E-state index contributed by atoms with van der Waals surface area (Å²) in [6.07, 6.45) is 1.84. The minimum absolute atomic E-state index is 0.461. The van der Waals surface area contributed by atoms with Crippen LogP contribution in [0.2, 0.25) is 0 Å². The predicted molar refractivity (Wildman–Crippen MR) is 63.5 cm³/mol. The first-order valence-electron chi connectivity index (χ1n) is 5.10. The third-order valence-electron chi connectivity index (χ3n) is 2.54. The lowest BCUT2D eigenvalue weighted by molar-refractivity contribution is 0.853. The van der Waals surface area contributed by atoms with Crippen LogP contribution in [0.4, 0.5) is 0 Å². The average Bonchev–Trinajstić information content (AvgIpc) is 2.26. The van der Waals surface area contributed by atoms with Crippen LogP contribution in [0.25, 0.3) is 0 Å². The molecule has 0 saturated carbocycles. The number of benzene rings is 1. The van der Waals surface area contributed by atoms with Crippen LogP contribution in [0, 0.1) is 17.2 Å². The van der Waals surface area contributed by atoms with Crippen molar-refractivity contribution in [3.05, 3.63) is 53.5 Å². The first kappa shape index (κ1) is 11.5. The Labute approximate surface area is 92.1 Å². The maximum absolute atomic E-state index is 8.86. The molecule has 0 amide bonds. The Morgan fingerprint density at radius 2 is 2.13 bits per heavy atom. The highest BCUT2D eigenvalue weighted by Crippen LogP contribution is 2.27. The van der Waals surface area contributed by atoms with Gasteiger partial charge >= 0.3 is 0 Å². The molecule has 1 aromatic carbocycles. The Morgan fingerprint density at radius 1 is 1.47 bits per heavy atom. The van der Waals surface area contributed by atoms with Crippen LogP contribution in [0.1, 0.15) is 43.4 Å². The molecule has 0 spiro atoms. The topological polar surface area (TPSA) is 23.8 Å². The Hall–Kier alpha value is -1.55. The van der Waals surface area contributed by atoms with E-state index in [0.717, 1.165) is 11.5 Å². The molecule has 0 aromatic heterocycles. The zero-order chi connectivity index (χ0) is 11.4. The van der Waals surface area contributed by atoms with E-state index in [0.29, 0.717) is 11.5 Å². The predicted octanol–water partition coefficient (Wildman–Crippen LogP) is 3.81. The summed E-state index contributed by atoms with van der Waals surface area (Å²) in [5, 5.41) is 8.86. The van der Waals surface area contributed by atoms with Crippen LogP contribution in [-0.2, 0) is 0 Å². The standard InChI is InChI=1S/C14H16N/c1-5-11(4)14-8-12(9-15)6-7-13(14)10(2)3/h5-8,10H,1H2,2-4H3. The minimum Gasteiger partial charge on any atom is -0.192 e. The molecule has 1 rings (SSSR count). The fourth-order valence-electron chi connectivity index (χ4n) is 1.58. The normalized spacial score (nSPS) is 10.4. The summed E-state index contributed by atoms with van der Waals surface area (Å²) in [6, 6.07) is 8.01. The molecule has 0 N–H and O–H groups in total. The van der Waals surface area contributed by atoms with Gasteiger partial charge in [0, 0.05) is 5.92 Å². The molecule has 1 heteroatoms. The Balaban J connectivity index is 3.29. The van der Waals surface area contributed by atoms with E-state index in [9.17, 15) is 0 Å². The van der Waals surface area contributed by atoms with E-state index in [1.807, 2.05) is 31.2 Å². The van der Waals surface area contributed by atoms with Crippen molar-refractivity contribution in [2.24, 2.45) is 0 Å². The van der Waals surface area contributed by atoms with Crippen LogP contribution in [0.15, 0.2) is 30.9 Å². The second-order valence-electron chi connectivity index (χ2n) is 3.96. The van der Waals surface area contributed by atoms with E-state index in [4.69, 9.17) is 5.26 Å². The SMILES string of the molecule is C=C[C](C)c1cc(C#N)ccc1C(C)C. The third kappa shape index (κ3) is 2.47. The molecule has 0 bridgehead atoms. The first-order chi connectivity index (χ1) is 7.10. The monoisotopic (exact) mass is 198 g/mol. The lowest BCUT2D eigenvalue weighted by Crippen LogP contribution is -2.00. The maximum atomic E-state index is 8.86. The molecule has 0 atom stereocenters. The lowest BCUT2D eigenvalue weighted by Gasteiger charge is -2.15. The van der Waals surface area contributed by atoms with E-state index in [1.54, 1.807) is 0 Å². The smallest absolute Gasteiger partial charge is 0.0991 e. The van der Waals surface area contributed by atoms with E-state index in [-0.39, 0.29) is 0 Å². The van der Waals surface area contributed by atoms with Gasteiger partial charge in [0.2, 0.25) is 0 Å². The van der Waals surface area contributed by atoms with Crippen molar-refractivity contribution >= 4 is 0 Å². The average molecular weight is 198 g/mol. The van der Waals surface area contributed by atoms with Gasteiger partial charge in [-0.15, -0.1) is 6.58 Å². The van der Waals surface area contributed by atoms with Gasteiger partial charge in [0.05, 0.1) is 11.6 Å². The van der Waals surface area contributed by atoms with E-state index in [2.05, 4.69) is 26.5 Å². The van der Waals surface area contributed by atoms with Gasteiger partial charge in [-0.05, 0) is 29.2 Å². The van der Waals surface area contributed by atoms with Gasteiger partial charge in [-0.25, -0.2) is 0 Å². The van der Waals surface area contributed by atoms with Crippen LogP contribution < -0.4 is 0 Å². The van der Waals surface area contributed by atoms with Crippen molar-refractivity contribution in [3.8, 4) is 6.07 Å². The molecule has 1 nitrogen and oxygen atoms in total. The number of nitriles is 1. The highest BCUT2D eigenvalue weighted by molar-refractivity contribution is 5.48. The summed E-state index contributed by atoms with van der Waals surface area (Å²) in [6.45, 7) is 10.1. The fourth-order valence-corrected chi connectivity index (χ4v) is 1.58. The molecule has 1 aromatic rings. The van der Waals surface area contributed by atoms with E-state index < -0.39 is 0 Å². The first-order valence-corrected chi connectivity index (χ1v) is 5.10. The molecule has 0 unspecified atom stereocenters. The summed E-state index contributed by atoms with van der Waals surface area (Å²) in [5.74, 6) is 1.58. The second-order valence-corrected chi connectivity index (χ2v) is 3.96. The molecular weight excluding hydrogens is 182 g/mol. The van der Waals surface area contributed by atoms with Gasteiger partial charge in [0.15, 0.2) is 0 Å². The van der Waals surface area contributed by atoms with Crippen LogP contribution >= 0.6 is 0 Å². The summed E-state index contributed by atoms with van der Waals surface area (Å²) in [7, 11) is 0. The molecule has 0 heterocycles. The van der Waals surface area contributed by atoms with Gasteiger partial charge < -0.3 is 0 Å². The van der Waals surface area contributed by atoms with Crippen molar-refractivity contribution in [1.29, 1.82) is 5.26 Å². The summed E-state index contributed by atoms with van der Waals surface area (Å²) < 4.78 is 0. The number of hydrogen-bond donors (Lipinski definition) is 0. The zero-order valence-corrected chi connectivity index (χ0v) is 9.54. The van der Waals surface area contributed by atoms with Crippen molar-refractivity contribution in [3.63, 3.8) is 0 Å². The second kappa shape index (κ2) is 4.79. The number of hydrogen-bond acceptors (Lipinski definition) is 1. The molecule has 15 heavy (non-hydrogen) atoms. The minimum atomic E-state index is 0.461. The summed E-state index contributed by atoms with van der Waals surface area (Å²) >= 11 is 0. The van der Waals surface area contributed by atoms with Crippen molar-refractivity contribution in [2.75, 3.05) is 0 Å². The van der Waals surface area contributed by atoms with Crippen molar-refractivity contribution < 1.29 is 0 Å². The quantitative estimate of drug-likeness (QED) is 0.724. The molecule has 0 fully saturated rings. The number of nitrogens with zero attached hydrogens (tertiary/aromatic N) is 1. The fraction of sp³-hybridized carbons (Fsp3) is 0.286. The van der Waals surface area contributed by atoms with Crippen LogP contribution in [0.3, 0.4) is 0 Å². The lowest BCUT2D eigenvalue weighted by atomic mass is 9.88. The molecule has 0 saturated heterocycles. The molecular formula is C14H16N. The van der Waals surface area contributed by atoms with E-state index >= 15 is 0 Å².